The van der Waals surface area contributed by atoms with Gasteiger partial charge in [0.05, 0.1) is 27.4 Å². The van der Waals surface area contributed by atoms with Crippen molar-refractivity contribution in [2.24, 2.45) is 0 Å². The van der Waals surface area contributed by atoms with Crippen LogP contribution in [0.1, 0.15) is 22.7 Å². The van der Waals surface area contributed by atoms with Gasteiger partial charge in [0.1, 0.15) is 5.75 Å². The van der Waals surface area contributed by atoms with Gasteiger partial charge >= 0.3 is 6.03 Å². The maximum absolute atomic E-state index is 13.4. The molecule has 32 heavy (non-hydrogen) atoms. The van der Waals surface area contributed by atoms with Gasteiger partial charge in [0.2, 0.25) is 0 Å². The van der Waals surface area contributed by atoms with Gasteiger partial charge in [-0.1, -0.05) is 35.9 Å². The van der Waals surface area contributed by atoms with Crippen LogP contribution < -0.4 is 19.5 Å². The summed E-state index contributed by atoms with van der Waals surface area (Å²) in [5, 5.41) is 3.59. The summed E-state index contributed by atoms with van der Waals surface area (Å²) < 4.78 is 16.3. The van der Waals surface area contributed by atoms with Crippen LogP contribution in [0.4, 0.5) is 10.5 Å². The number of anilines is 1. The van der Waals surface area contributed by atoms with Gasteiger partial charge in [-0.15, -0.1) is 0 Å². The quantitative estimate of drug-likeness (QED) is 0.551. The number of urea groups is 1. The molecule has 166 valence electrons. The molecule has 1 unspecified atom stereocenters. The summed E-state index contributed by atoms with van der Waals surface area (Å²) in [6.45, 7) is 0.522. The first-order valence-electron chi connectivity index (χ1n) is 10.3. The Balaban J connectivity index is 1.77. The molecule has 0 bridgehead atoms. The molecule has 3 aromatic carbocycles. The number of nitrogens with one attached hydrogen (secondary N) is 1. The van der Waals surface area contributed by atoms with E-state index >= 15 is 0 Å². The summed E-state index contributed by atoms with van der Waals surface area (Å²) in [6.07, 6.45) is 0.683. The average Bonchev–Trinajstić information content (AvgIpc) is 2.82. The Kier molecular flexibility index (Phi) is 6.42. The minimum atomic E-state index is -0.377. The maximum Gasteiger partial charge on any atom is 0.322 e. The van der Waals surface area contributed by atoms with Crippen LogP contribution >= 0.6 is 11.6 Å². The number of benzene rings is 3. The second kappa shape index (κ2) is 9.40. The van der Waals surface area contributed by atoms with E-state index in [0.717, 1.165) is 16.7 Å². The second-order valence-corrected chi connectivity index (χ2v) is 7.84. The van der Waals surface area contributed by atoms with Crippen molar-refractivity contribution in [3.63, 3.8) is 0 Å². The number of ether oxygens (including phenoxy) is 3. The lowest BCUT2D eigenvalue weighted by Gasteiger charge is -2.38. The molecule has 0 fully saturated rings. The molecule has 0 aliphatic carbocycles. The summed E-state index contributed by atoms with van der Waals surface area (Å²) in [6, 6.07) is 18.2. The van der Waals surface area contributed by atoms with E-state index in [-0.39, 0.29) is 12.1 Å². The molecule has 0 saturated heterocycles. The number of hydrogen-bond acceptors (Lipinski definition) is 4. The van der Waals surface area contributed by atoms with Gasteiger partial charge in [0.15, 0.2) is 11.5 Å². The van der Waals surface area contributed by atoms with Crippen molar-refractivity contribution in [3.05, 3.63) is 82.4 Å². The fourth-order valence-corrected chi connectivity index (χ4v) is 4.33. The molecule has 0 saturated carbocycles. The van der Waals surface area contributed by atoms with Crippen LogP contribution in [0.3, 0.4) is 0 Å². The van der Waals surface area contributed by atoms with E-state index in [2.05, 4.69) is 5.32 Å². The fraction of sp³-hybridized carbons (Fsp3) is 0.240. The van der Waals surface area contributed by atoms with Gasteiger partial charge in [-0.2, -0.15) is 0 Å². The molecule has 1 aliphatic rings. The molecule has 2 amide bonds. The molecule has 0 radical (unpaired) electrons. The normalized spacial score (nSPS) is 15.0. The zero-order valence-electron chi connectivity index (χ0n) is 18.2. The third kappa shape index (κ3) is 4.18. The van der Waals surface area contributed by atoms with Gasteiger partial charge < -0.3 is 24.4 Å². The van der Waals surface area contributed by atoms with E-state index in [0.29, 0.717) is 40.9 Å². The van der Waals surface area contributed by atoms with E-state index in [4.69, 9.17) is 25.8 Å². The molecule has 6 nitrogen and oxygen atoms in total. The largest absolute Gasteiger partial charge is 0.497 e. The van der Waals surface area contributed by atoms with E-state index in [1.54, 1.807) is 32.3 Å². The van der Waals surface area contributed by atoms with Crippen LogP contribution in [-0.2, 0) is 6.42 Å². The predicted octanol–water partition coefficient (Wildman–Crippen LogP) is 5.55. The predicted molar refractivity (Wildman–Crippen MR) is 125 cm³/mol. The molecule has 4 rings (SSSR count). The van der Waals surface area contributed by atoms with Crippen LogP contribution in [0, 0.1) is 0 Å². The fourth-order valence-electron chi connectivity index (χ4n) is 4.09. The summed E-state index contributed by atoms with van der Waals surface area (Å²) in [7, 11) is 4.81. The van der Waals surface area contributed by atoms with Crippen molar-refractivity contribution in [2.75, 3.05) is 33.2 Å². The first kappa shape index (κ1) is 21.8. The Labute approximate surface area is 192 Å². The molecule has 1 aliphatic heterocycles. The lowest BCUT2D eigenvalue weighted by molar-refractivity contribution is 0.193. The number of fused-ring (bicyclic) bond motifs is 1. The topological polar surface area (TPSA) is 60.0 Å². The Morgan fingerprint density at radius 1 is 0.938 bits per heavy atom. The average molecular weight is 453 g/mol. The Bertz CT molecular complexity index is 1130. The zero-order valence-corrected chi connectivity index (χ0v) is 19.0. The van der Waals surface area contributed by atoms with Gasteiger partial charge in [0, 0.05) is 23.3 Å². The van der Waals surface area contributed by atoms with Crippen molar-refractivity contribution in [2.45, 2.75) is 12.5 Å². The lowest BCUT2D eigenvalue weighted by Crippen LogP contribution is -2.43. The van der Waals surface area contributed by atoms with E-state index in [9.17, 15) is 4.79 Å². The third-order valence-corrected chi connectivity index (χ3v) is 6.00. The zero-order chi connectivity index (χ0) is 22.7. The van der Waals surface area contributed by atoms with Gasteiger partial charge in [-0.3, -0.25) is 0 Å². The molecule has 0 spiro atoms. The van der Waals surface area contributed by atoms with Crippen LogP contribution in [0.5, 0.6) is 17.2 Å². The summed E-state index contributed by atoms with van der Waals surface area (Å²) in [5.41, 5.74) is 3.56. The summed E-state index contributed by atoms with van der Waals surface area (Å²) in [4.78, 5) is 15.2. The highest BCUT2D eigenvalue weighted by atomic mass is 35.5. The van der Waals surface area contributed by atoms with E-state index in [1.807, 2.05) is 54.6 Å². The number of carbonyl (C=O) groups excluding carboxylic acids is 1. The van der Waals surface area contributed by atoms with E-state index in [1.165, 1.54) is 0 Å². The molecule has 7 heteroatoms. The number of halogens is 1. The van der Waals surface area contributed by atoms with Gasteiger partial charge in [0.25, 0.3) is 0 Å². The van der Waals surface area contributed by atoms with Crippen LogP contribution in [0.25, 0.3) is 0 Å². The van der Waals surface area contributed by atoms with Crippen LogP contribution in [0.15, 0.2) is 60.7 Å². The highest BCUT2D eigenvalue weighted by Crippen LogP contribution is 2.42. The number of carbonyl (C=O) groups is 1. The van der Waals surface area contributed by atoms with Crippen LogP contribution in [-0.4, -0.2) is 38.8 Å². The van der Waals surface area contributed by atoms with Gasteiger partial charge in [-0.25, -0.2) is 4.79 Å². The molecular weight excluding hydrogens is 428 g/mol. The number of nitrogens with zero attached hydrogens (tertiary/aromatic N) is 1. The van der Waals surface area contributed by atoms with Crippen molar-refractivity contribution < 1.29 is 19.0 Å². The van der Waals surface area contributed by atoms with Crippen molar-refractivity contribution in [1.82, 2.24) is 4.90 Å². The second-order valence-electron chi connectivity index (χ2n) is 7.44. The van der Waals surface area contributed by atoms with Crippen molar-refractivity contribution >= 4 is 23.3 Å². The minimum absolute atomic E-state index is 0.219. The standard InChI is InChI=1S/C25H25ClN2O4/c1-30-18-8-6-7-17(14-18)27-25(29)28-12-11-16-13-22(31-2)23(32-3)15-20(16)24(28)19-9-4-5-10-21(19)26/h4-10,13-15,24H,11-12H2,1-3H3,(H,27,29). The Morgan fingerprint density at radius 2 is 1.69 bits per heavy atom. The highest BCUT2D eigenvalue weighted by molar-refractivity contribution is 6.31. The molecule has 1 N–H and O–H groups in total. The lowest BCUT2D eigenvalue weighted by atomic mass is 9.87. The molecule has 0 aromatic heterocycles. The highest BCUT2D eigenvalue weighted by Gasteiger charge is 2.34. The third-order valence-electron chi connectivity index (χ3n) is 5.66. The van der Waals surface area contributed by atoms with Gasteiger partial charge in [-0.05, 0) is 53.4 Å². The number of methoxy groups -OCH3 is 3. The smallest absolute Gasteiger partial charge is 0.322 e. The molecule has 1 heterocycles. The maximum atomic E-state index is 13.4. The Hall–Kier alpha value is -3.38. The van der Waals surface area contributed by atoms with Crippen molar-refractivity contribution in [3.8, 4) is 17.2 Å². The first-order valence-corrected chi connectivity index (χ1v) is 10.6. The Morgan fingerprint density at radius 3 is 2.41 bits per heavy atom. The van der Waals surface area contributed by atoms with Crippen LogP contribution in [0.2, 0.25) is 5.02 Å². The minimum Gasteiger partial charge on any atom is -0.497 e. The first-order chi connectivity index (χ1) is 15.5. The van der Waals surface area contributed by atoms with E-state index < -0.39 is 0 Å². The SMILES string of the molecule is COc1cccc(NC(=O)N2CCc3cc(OC)c(OC)cc3C2c2ccccc2Cl)c1. The van der Waals surface area contributed by atoms with Crippen molar-refractivity contribution in [1.29, 1.82) is 0 Å². The number of hydrogen-bond donors (Lipinski definition) is 1. The monoisotopic (exact) mass is 452 g/mol. The summed E-state index contributed by atoms with van der Waals surface area (Å²) in [5.74, 6) is 1.95. The summed E-state index contributed by atoms with van der Waals surface area (Å²) >= 11 is 6.60. The molecule has 1 atom stereocenters. The molecular formula is C25H25ClN2O4. The number of rotatable bonds is 5. The number of amides is 2. The molecule has 3 aromatic rings.